The molecule has 1 aromatic rings. The van der Waals surface area contributed by atoms with E-state index in [9.17, 15) is 9.59 Å². The Kier molecular flexibility index (Phi) is 6.53. The SMILES string of the molecule is CCOCCC(=O)N1CCC2(CC1)C[C@@H](c1ccccc1)C(=O)N(CC)C2. The average Bonchev–Trinajstić information content (AvgIpc) is 2.71. The summed E-state index contributed by atoms with van der Waals surface area (Å²) in [5.41, 5.74) is 1.25. The summed E-state index contributed by atoms with van der Waals surface area (Å²) < 4.78 is 5.32. The number of likely N-dealkylation sites (N-methyl/N-ethyl adjacent to an activating group) is 1. The van der Waals surface area contributed by atoms with Gasteiger partial charge in [0.1, 0.15) is 0 Å². The second-order valence-electron chi connectivity index (χ2n) is 7.85. The summed E-state index contributed by atoms with van der Waals surface area (Å²) in [5.74, 6) is 0.391. The molecule has 148 valence electrons. The molecule has 2 fully saturated rings. The summed E-state index contributed by atoms with van der Waals surface area (Å²) in [5, 5.41) is 0. The van der Waals surface area contributed by atoms with Crippen molar-refractivity contribution in [3.8, 4) is 0 Å². The van der Waals surface area contributed by atoms with Gasteiger partial charge in [-0.15, -0.1) is 0 Å². The number of piperidine rings is 2. The average molecular weight is 373 g/mol. The predicted molar refractivity (Wildman–Crippen MR) is 105 cm³/mol. The number of hydrogen-bond acceptors (Lipinski definition) is 3. The maximum absolute atomic E-state index is 12.9. The van der Waals surface area contributed by atoms with Crippen molar-refractivity contribution in [1.29, 1.82) is 0 Å². The highest BCUT2D eigenvalue weighted by Gasteiger charge is 2.46. The molecule has 2 amide bonds. The van der Waals surface area contributed by atoms with Crippen molar-refractivity contribution in [2.45, 2.75) is 45.4 Å². The standard InChI is InChI=1S/C22H32N2O3/c1-3-23-17-22(16-19(21(23)26)18-8-6-5-7-9-18)11-13-24(14-12-22)20(25)10-15-27-4-2/h5-9,19H,3-4,10-17H2,1-2H3/t19-/m0/s1. The van der Waals surface area contributed by atoms with Gasteiger partial charge >= 0.3 is 0 Å². The first kappa shape index (κ1) is 19.9. The van der Waals surface area contributed by atoms with Crippen LogP contribution in [0, 0.1) is 5.41 Å². The second kappa shape index (κ2) is 8.87. The Morgan fingerprint density at radius 3 is 2.52 bits per heavy atom. The van der Waals surface area contributed by atoms with Gasteiger partial charge in [0.25, 0.3) is 0 Å². The van der Waals surface area contributed by atoms with Gasteiger partial charge in [0.2, 0.25) is 11.8 Å². The van der Waals surface area contributed by atoms with Gasteiger partial charge < -0.3 is 14.5 Å². The van der Waals surface area contributed by atoms with Crippen LogP contribution in [0.3, 0.4) is 0 Å². The third-order valence-electron chi connectivity index (χ3n) is 6.20. The largest absolute Gasteiger partial charge is 0.381 e. The van der Waals surface area contributed by atoms with Gasteiger partial charge in [0.15, 0.2) is 0 Å². The molecule has 2 saturated heterocycles. The minimum Gasteiger partial charge on any atom is -0.381 e. The van der Waals surface area contributed by atoms with Crippen LogP contribution < -0.4 is 0 Å². The van der Waals surface area contributed by atoms with Gasteiger partial charge in [-0.2, -0.15) is 0 Å². The van der Waals surface area contributed by atoms with Crippen LogP contribution in [0.15, 0.2) is 30.3 Å². The Morgan fingerprint density at radius 2 is 1.89 bits per heavy atom. The van der Waals surface area contributed by atoms with Crippen molar-refractivity contribution in [3.05, 3.63) is 35.9 Å². The first-order valence-electron chi connectivity index (χ1n) is 10.3. The summed E-state index contributed by atoms with van der Waals surface area (Å²) in [4.78, 5) is 29.3. The molecule has 0 unspecified atom stereocenters. The molecule has 0 aliphatic carbocycles. The van der Waals surface area contributed by atoms with Crippen molar-refractivity contribution < 1.29 is 14.3 Å². The van der Waals surface area contributed by atoms with E-state index in [1.165, 1.54) is 0 Å². The van der Waals surface area contributed by atoms with Crippen LogP contribution >= 0.6 is 0 Å². The Morgan fingerprint density at radius 1 is 1.19 bits per heavy atom. The smallest absolute Gasteiger partial charge is 0.230 e. The fourth-order valence-corrected chi connectivity index (χ4v) is 4.56. The summed E-state index contributed by atoms with van der Waals surface area (Å²) >= 11 is 0. The van der Waals surface area contributed by atoms with Crippen molar-refractivity contribution in [3.63, 3.8) is 0 Å². The number of amides is 2. The molecule has 0 bridgehead atoms. The third kappa shape index (κ3) is 4.52. The molecule has 0 radical (unpaired) electrons. The summed E-state index contributed by atoms with van der Waals surface area (Å²) in [6, 6.07) is 10.2. The van der Waals surface area contributed by atoms with E-state index in [1.54, 1.807) is 0 Å². The van der Waals surface area contributed by atoms with Crippen LogP contribution in [0.2, 0.25) is 0 Å². The number of hydrogen-bond donors (Lipinski definition) is 0. The van der Waals surface area contributed by atoms with Crippen LogP contribution in [0.25, 0.3) is 0 Å². The van der Waals surface area contributed by atoms with E-state index in [-0.39, 0.29) is 23.1 Å². The van der Waals surface area contributed by atoms with Crippen molar-refractivity contribution in [2.24, 2.45) is 5.41 Å². The van der Waals surface area contributed by atoms with Gasteiger partial charge in [0.05, 0.1) is 18.9 Å². The fraction of sp³-hybridized carbons (Fsp3) is 0.636. The maximum atomic E-state index is 12.9. The Balaban J connectivity index is 1.67. The molecule has 5 heteroatoms. The molecule has 0 N–H and O–H groups in total. The van der Waals surface area contributed by atoms with Gasteiger partial charge in [-0.05, 0) is 44.1 Å². The number of nitrogens with zero attached hydrogens (tertiary/aromatic N) is 2. The van der Waals surface area contributed by atoms with Crippen LogP contribution in [0.5, 0.6) is 0 Å². The fourth-order valence-electron chi connectivity index (χ4n) is 4.56. The quantitative estimate of drug-likeness (QED) is 0.721. The van der Waals surface area contributed by atoms with E-state index >= 15 is 0 Å². The Bertz CT molecular complexity index is 638. The molecule has 1 atom stereocenters. The lowest BCUT2D eigenvalue weighted by Gasteiger charge is -2.49. The first-order valence-corrected chi connectivity index (χ1v) is 10.3. The van der Waals surface area contributed by atoms with E-state index < -0.39 is 0 Å². The molecule has 1 aromatic carbocycles. The molecular formula is C22H32N2O3. The summed E-state index contributed by atoms with van der Waals surface area (Å²) in [6.45, 7) is 8.32. The van der Waals surface area contributed by atoms with Crippen LogP contribution in [0.4, 0.5) is 0 Å². The Hall–Kier alpha value is -1.88. The van der Waals surface area contributed by atoms with Crippen LogP contribution in [-0.4, -0.2) is 61.0 Å². The van der Waals surface area contributed by atoms with Gasteiger partial charge in [0, 0.05) is 32.8 Å². The first-order chi connectivity index (χ1) is 13.1. The minimum absolute atomic E-state index is 0.0555. The second-order valence-corrected chi connectivity index (χ2v) is 7.85. The van der Waals surface area contributed by atoms with E-state index in [1.807, 2.05) is 34.9 Å². The number of likely N-dealkylation sites (tertiary alicyclic amines) is 2. The zero-order chi connectivity index (χ0) is 19.3. The van der Waals surface area contributed by atoms with E-state index in [0.717, 1.165) is 51.0 Å². The van der Waals surface area contributed by atoms with E-state index in [4.69, 9.17) is 4.74 Å². The zero-order valence-corrected chi connectivity index (χ0v) is 16.7. The lowest BCUT2D eigenvalue weighted by molar-refractivity contribution is -0.144. The normalized spacial score (nSPS) is 22.3. The molecular weight excluding hydrogens is 340 g/mol. The molecule has 1 spiro atoms. The third-order valence-corrected chi connectivity index (χ3v) is 6.20. The Labute approximate surface area is 162 Å². The van der Waals surface area contributed by atoms with Crippen molar-refractivity contribution in [2.75, 3.05) is 39.4 Å². The zero-order valence-electron chi connectivity index (χ0n) is 16.7. The topological polar surface area (TPSA) is 49.9 Å². The minimum atomic E-state index is -0.0555. The summed E-state index contributed by atoms with van der Waals surface area (Å²) in [7, 11) is 0. The van der Waals surface area contributed by atoms with Crippen LogP contribution in [-0.2, 0) is 14.3 Å². The number of benzene rings is 1. The highest BCUT2D eigenvalue weighted by molar-refractivity contribution is 5.85. The lowest BCUT2D eigenvalue weighted by Crippen LogP contribution is -2.54. The highest BCUT2D eigenvalue weighted by atomic mass is 16.5. The molecule has 2 aliphatic heterocycles. The molecule has 2 heterocycles. The van der Waals surface area contributed by atoms with Crippen molar-refractivity contribution in [1.82, 2.24) is 9.80 Å². The van der Waals surface area contributed by atoms with E-state index in [0.29, 0.717) is 19.6 Å². The van der Waals surface area contributed by atoms with Crippen molar-refractivity contribution >= 4 is 11.8 Å². The van der Waals surface area contributed by atoms with Gasteiger partial charge in [-0.1, -0.05) is 30.3 Å². The number of ether oxygens (including phenoxy) is 1. The maximum Gasteiger partial charge on any atom is 0.230 e. The molecule has 2 aliphatic rings. The molecule has 5 nitrogen and oxygen atoms in total. The lowest BCUT2D eigenvalue weighted by atomic mass is 9.67. The molecule has 3 rings (SSSR count). The van der Waals surface area contributed by atoms with Gasteiger partial charge in [-0.25, -0.2) is 0 Å². The predicted octanol–water partition coefficient (Wildman–Crippen LogP) is 3.06. The van der Waals surface area contributed by atoms with Crippen LogP contribution in [0.1, 0.15) is 51.0 Å². The van der Waals surface area contributed by atoms with Gasteiger partial charge in [-0.3, -0.25) is 9.59 Å². The summed E-state index contributed by atoms with van der Waals surface area (Å²) in [6.07, 6.45) is 3.31. The number of carbonyl (C=O) groups excluding carboxylic acids is 2. The molecule has 0 aromatic heterocycles. The molecule has 27 heavy (non-hydrogen) atoms. The number of carbonyl (C=O) groups is 2. The van der Waals surface area contributed by atoms with E-state index in [2.05, 4.69) is 19.1 Å². The monoisotopic (exact) mass is 372 g/mol. The number of rotatable bonds is 6. The molecule has 0 saturated carbocycles. The highest BCUT2D eigenvalue weighted by Crippen LogP contribution is 2.45.